The first-order chi connectivity index (χ1) is 10.0. The highest BCUT2D eigenvalue weighted by molar-refractivity contribution is 9.10. The summed E-state index contributed by atoms with van der Waals surface area (Å²) >= 11 is 8.53. The van der Waals surface area contributed by atoms with Crippen LogP contribution >= 0.6 is 28.1 Å². The van der Waals surface area contributed by atoms with Crippen molar-refractivity contribution in [2.75, 3.05) is 19.5 Å². The minimum atomic E-state index is 0.327. The molecule has 0 saturated heterocycles. The van der Waals surface area contributed by atoms with Gasteiger partial charge in [-0.05, 0) is 46.3 Å². The van der Waals surface area contributed by atoms with Gasteiger partial charge in [0.25, 0.3) is 0 Å². The van der Waals surface area contributed by atoms with Crippen LogP contribution in [0.15, 0.2) is 40.9 Å². The summed E-state index contributed by atoms with van der Waals surface area (Å²) in [4.78, 5) is 0.327. The Labute approximate surface area is 137 Å². The van der Waals surface area contributed by atoms with E-state index in [1.54, 1.807) is 14.2 Å². The summed E-state index contributed by atoms with van der Waals surface area (Å²) in [5.41, 5.74) is 8.19. The number of hydrogen-bond donors (Lipinski definition) is 2. The van der Waals surface area contributed by atoms with E-state index in [-0.39, 0.29) is 0 Å². The third-order valence-electron chi connectivity index (χ3n) is 2.92. The fourth-order valence-electron chi connectivity index (χ4n) is 1.87. The third-order valence-corrected chi connectivity index (χ3v) is 3.76. The maximum atomic E-state index is 5.76. The number of nitrogens with two attached hydrogens (primary N) is 1. The number of ether oxygens (including phenoxy) is 2. The number of thiocarbonyl (C=S) groups is 1. The summed E-state index contributed by atoms with van der Waals surface area (Å²) in [6.07, 6.45) is 0. The average molecular weight is 367 g/mol. The Morgan fingerprint density at radius 3 is 2.48 bits per heavy atom. The van der Waals surface area contributed by atoms with Crippen LogP contribution in [-0.2, 0) is 0 Å². The van der Waals surface area contributed by atoms with E-state index >= 15 is 0 Å². The lowest BCUT2D eigenvalue weighted by Crippen LogP contribution is -2.12. The highest BCUT2D eigenvalue weighted by Gasteiger charge is 2.09. The van der Waals surface area contributed by atoms with Crippen molar-refractivity contribution >= 4 is 44.5 Å². The van der Waals surface area contributed by atoms with Gasteiger partial charge in [-0.2, -0.15) is 0 Å². The molecular weight excluding hydrogens is 352 g/mol. The van der Waals surface area contributed by atoms with Crippen molar-refractivity contribution in [2.24, 2.45) is 5.73 Å². The molecule has 2 rings (SSSR count). The fourth-order valence-corrected chi connectivity index (χ4v) is 2.59. The third kappa shape index (κ3) is 3.65. The van der Waals surface area contributed by atoms with E-state index in [0.29, 0.717) is 4.99 Å². The predicted molar refractivity (Wildman–Crippen MR) is 92.9 cm³/mol. The molecule has 0 radical (unpaired) electrons. The molecule has 3 N–H and O–H groups in total. The second-order valence-electron chi connectivity index (χ2n) is 4.25. The first kappa shape index (κ1) is 15.6. The molecule has 0 aliphatic carbocycles. The van der Waals surface area contributed by atoms with E-state index in [4.69, 9.17) is 27.4 Å². The van der Waals surface area contributed by atoms with Crippen LogP contribution in [0.5, 0.6) is 11.5 Å². The van der Waals surface area contributed by atoms with Crippen molar-refractivity contribution in [2.45, 2.75) is 0 Å². The van der Waals surface area contributed by atoms with E-state index in [1.165, 1.54) is 0 Å². The van der Waals surface area contributed by atoms with Gasteiger partial charge in [-0.1, -0.05) is 12.2 Å². The summed E-state index contributed by atoms with van der Waals surface area (Å²) in [5, 5.41) is 3.29. The number of halogens is 1. The van der Waals surface area contributed by atoms with Crippen LogP contribution < -0.4 is 20.5 Å². The molecule has 0 unspecified atom stereocenters. The first-order valence-electron chi connectivity index (χ1n) is 6.13. The molecule has 0 bridgehead atoms. The second kappa shape index (κ2) is 6.78. The molecule has 0 heterocycles. The van der Waals surface area contributed by atoms with Gasteiger partial charge in [0.1, 0.15) is 16.5 Å². The minimum absolute atomic E-state index is 0.327. The van der Waals surface area contributed by atoms with Crippen molar-refractivity contribution in [3.05, 3.63) is 46.4 Å². The fraction of sp³-hybridized carbons (Fsp3) is 0.133. The van der Waals surface area contributed by atoms with Crippen molar-refractivity contribution in [1.82, 2.24) is 0 Å². The molecule has 110 valence electrons. The monoisotopic (exact) mass is 366 g/mol. The zero-order valence-electron chi connectivity index (χ0n) is 11.6. The van der Waals surface area contributed by atoms with E-state index < -0.39 is 0 Å². The number of hydrogen-bond acceptors (Lipinski definition) is 4. The smallest absolute Gasteiger partial charge is 0.133 e. The zero-order valence-corrected chi connectivity index (χ0v) is 14.0. The van der Waals surface area contributed by atoms with Crippen LogP contribution in [-0.4, -0.2) is 19.2 Å². The van der Waals surface area contributed by atoms with Crippen LogP contribution in [0.25, 0.3) is 0 Å². The van der Waals surface area contributed by atoms with Gasteiger partial charge >= 0.3 is 0 Å². The van der Waals surface area contributed by atoms with E-state index in [9.17, 15) is 0 Å². The lowest BCUT2D eigenvalue weighted by atomic mass is 10.1. The molecule has 0 amide bonds. The van der Waals surface area contributed by atoms with Gasteiger partial charge in [0.05, 0.1) is 24.4 Å². The van der Waals surface area contributed by atoms with Crippen LogP contribution in [0.1, 0.15) is 5.56 Å². The normalized spacial score (nSPS) is 10.0. The molecule has 2 aromatic carbocycles. The molecule has 0 aromatic heterocycles. The van der Waals surface area contributed by atoms with Gasteiger partial charge in [0, 0.05) is 17.3 Å². The summed E-state index contributed by atoms with van der Waals surface area (Å²) in [6.45, 7) is 0. The van der Waals surface area contributed by atoms with Crippen LogP contribution in [0.3, 0.4) is 0 Å². The number of nitrogens with one attached hydrogen (secondary N) is 1. The number of anilines is 2. The summed E-state index contributed by atoms with van der Waals surface area (Å²) in [7, 11) is 3.24. The van der Waals surface area contributed by atoms with E-state index in [0.717, 1.165) is 32.9 Å². The molecular formula is C15H15BrN2O2S. The summed E-state index contributed by atoms with van der Waals surface area (Å²) < 4.78 is 11.3. The predicted octanol–water partition coefficient (Wildman–Crippen LogP) is 3.84. The van der Waals surface area contributed by atoms with Crippen LogP contribution in [0.4, 0.5) is 11.4 Å². The molecule has 0 aliphatic rings. The molecule has 0 saturated carbocycles. The van der Waals surface area contributed by atoms with E-state index in [2.05, 4.69) is 21.2 Å². The molecule has 0 spiro atoms. The Balaban J connectivity index is 2.37. The molecule has 4 nitrogen and oxygen atoms in total. The van der Waals surface area contributed by atoms with Crippen molar-refractivity contribution < 1.29 is 9.47 Å². The Bertz CT molecular complexity index is 677. The van der Waals surface area contributed by atoms with E-state index in [1.807, 2.05) is 36.4 Å². The van der Waals surface area contributed by atoms with Crippen LogP contribution in [0.2, 0.25) is 0 Å². The lowest BCUT2D eigenvalue weighted by molar-refractivity contribution is 0.412. The van der Waals surface area contributed by atoms with Gasteiger partial charge in [-0.3, -0.25) is 0 Å². The largest absolute Gasteiger partial charge is 0.497 e. The molecule has 6 heteroatoms. The van der Waals surface area contributed by atoms with Gasteiger partial charge in [0.15, 0.2) is 0 Å². The number of rotatable bonds is 5. The first-order valence-corrected chi connectivity index (χ1v) is 7.33. The van der Waals surface area contributed by atoms with Gasteiger partial charge in [-0.15, -0.1) is 0 Å². The Hall–Kier alpha value is -1.79. The Morgan fingerprint density at radius 1 is 1.14 bits per heavy atom. The standard InChI is InChI=1S/C15H15BrN2O2S/c1-19-10-4-5-11(15(17)21)13(8-10)18-9-3-6-14(20-2)12(16)7-9/h3-8,18H,1-2H3,(H2,17,21). The van der Waals surface area contributed by atoms with Crippen molar-refractivity contribution in [3.8, 4) is 11.5 Å². The van der Waals surface area contributed by atoms with Gasteiger partial charge in [-0.25, -0.2) is 0 Å². The minimum Gasteiger partial charge on any atom is -0.497 e. The Kier molecular flexibility index (Phi) is 5.03. The van der Waals surface area contributed by atoms with Gasteiger partial charge in [0.2, 0.25) is 0 Å². The number of methoxy groups -OCH3 is 2. The van der Waals surface area contributed by atoms with Crippen LogP contribution in [0, 0.1) is 0 Å². The zero-order chi connectivity index (χ0) is 15.4. The highest BCUT2D eigenvalue weighted by atomic mass is 79.9. The molecule has 2 aromatic rings. The SMILES string of the molecule is COc1ccc(C(N)=S)c(Nc2ccc(OC)c(Br)c2)c1. The lowest BCUT2D eigenvalue weighted by Gasteiger charge is -2.14. The molecule has 0 fully saturated rings. The molecule has 0 aliphatic heterocycles. The van der Waals surface area contributed by atoms with Crippen molar-refractivity contribution in [1.29, 1.82) is 0 Å². The highest BCUT2D eigenvalue weighted by Crippen LogP contribution is 2.31. The molecule has 21 heavy (non-hydrogen) atoms. The topological polar surface area (TPSA) is 56.5 Å². The summed E-state index contributed by atoms with van der Waals surface area (Å²) in [6, 6.07) is 11.2. The maximum Gasteiger partial charge on any atom is 0.133 e. The van der Waals surface area contributed by atoms with Gasteiger partial charge < -0.3 is 20.5 Å². The molecule has 0 atom stereocenters. The van der Waals surface area contributed by atoms with Crippen molar-refractivity contribution in [3.63, 3.8) is 0 Å². The quantitative estimate of drug-likeness (QED) is 0.787. The summed E-state index contributed by atoms with van der Waals surface area (Å²) in [5.74, 6) is 1.49. The second-order valence-corrected chi connectivity index (χ2v) is 5.54. The average Bonchev–Trinajstić information content (AvgIpc) is 2.47. The Morgan fingerprint density at radius 2 is 1.90 bits per heavy atom. The number of benzene rings is 2. The maximum absolute atomic E-state index is 5.76.